The first-order valence-corrected chi connectivity index (χ1v) is 6.31. The first kappa shape index (κ1) is 11.3. The zero-order chi connectivity index (χ0) is 12.7. The molecule has 0 aliphatic rings. The number of rotatable bonds is 2. The predicted molar refractivity (Wildman–Crippen MR) is 74.2 cm³/mol. The molecule has 0 unspecified atom stereocenters. The smallest absolute Gasteiger partial charge is 0.131 e. The van der Waals surface area contributed by atoms with E-state index < -0.39 is 0 Å². The number of nitrogens with zero attached hydrogens (tertiary/aromatic N) is 4. The summed E-state index contributed by atoms with van der Waals surface area (Å²) in [7, 11) is 2.01. The topological polar surface area (TPSA) is 61.7 Å². The monoisotopic (exact) mass is 305 g/mol. The summed E-state index contributed by atoms with van der Waals surface area (Å²) in [4.78, 5) is 4.61. The van der Waals surface area contributed by atoms with Crippen LogP contribution in [0.25, 0.3) is 11.0 Å². The number of nitrogens with two attached hydrogens (primary N) is 1. The third kappa shape index (κ3) is 1.88. The Kier molecular flexibility index (Phi) is 2.59. The Bertz CT molecular complexity index is 712. The second-order valence-corrected chi connectivity index (χ2v) is 5.11. The van der Waals surface area contributed by atoms with Crippen molar-refractivity contribution in [1.29, 1.82) is 0 Å². The molecular formula is C12H12BrN5. The molecule has 0 spiro atoms. The minimum Gasteiger partial charge on any atom is -0.396 e. The molecule has 0 amide bonds. The van der Waals surface area contributed by atoms with Gasteiger partial charge in [0.25, 0.3) is 0 Å². The highest BCUT2D eigenvalue weighted by atomic mass is 79.9. The number of hydrogen-bond donors (Lipinski definition) is 1. The maximum Gasteiger partial charge on any atom is 0.131 e. The largest absolute Gasteiger partial charge is 0.396 e. The molecule has 2 N–H and O–H groups in total. The van der Waals surface area contributed by atoms with E-state index in [2.05, 4.69) is 30.6 Å². The van der Waals surface area contributed by atoms with Crippen molar-refractivity contribution in [3.05, 3.63) is 40.9 Å². The van der Waals surface area contributed by atoms with Crippen LogP contribution in [0.3, 0.4) is 0 Å². The van der Waals surface area contributed by atoms with Gasteiger partial charge in [0.15, 0.2) is 0 Å². The van der Waals surface area contributed by atoms with Crippen molar-refractivity contribution >= 4 is 32.7 Å². The molecule has 2 aromatic heterocycles. The van der Waals surface area contributed by atoms with Crippen molar-refractivity contribution in [2.75, 3.05) is 5.73 Å². The molecule has 92 valence electrons. The van der Waals surface area contributed by atoms with Gasteiger partial charge in [-0.1, -0.05) is 15.9 Å². The fourth-order valence-corrected chi connectivity index (χ4v) is 2.32. The lowest BCUT2D eigenvalue weighted by molar-refractivity contribution is 0.636. The number of imidazole rings is 1. The van der Waals surface area contributed by atoms with E-state index >= 15 is 0 Å². The van der Waals surface area contributed by atoms with Gasteiger partial charge in [-0.3, -0.25) is 4.68 Å². The Morgan fingerprint density at radius 2 is 2.22 bits per heavy atom. The van der Waals surface area contributed by atoms with Gasteiger partial charge < -0.3 is 10.3 Å². The van der Waals surface area contributed by atoms with E-state index in [0.29, 0.717) is 12.2 Å². The van der Waals surface area contributed by atoms with Crippen LogP contribution in [0.5, 0.6) is 0 Å². The van der Waals surface area contributed by atoms with Crippen LogP contribution >= 0.6 is 15.9 Å². The standard InChI is InChI=1S/C12H12BrN5/c1-17-11-3-2-8(13)4-10(11)16-12(17)7-18-6-9(14)5-15-18/h2-6H,7,14H2,1H3. The Morgan fingerprint density at radius 3 is 2.94 bits per heavy atom. The highest BCUT2D eigenvalue weighted by molar-refractivity contribution is 9.10. The van der Waals surface area contributed by atoms with Crippen LogP contribution in [-0.2, 0) is 13.6 Å². The lowest BCUT2D eigenvalue weighted by Crippen LogP contribution is -2.06. The quantitative estimate of drug-likeness (QED) is 0.789. The van der Waals surface area contributed by atoms with Crippen molar-refractivity contribution in [2.24, 2.45) is 7.05 Å². The van der Waals surface area contributed by atoms with Crippen LogP contribution < -0.4 is 5.73 Å². The minimum atomic E-state index is 0.611. The Hall–Kier alpha value is -1.82. The van der Waals surface area contributed by atoms with Crippen molar-refractivity contribution in [3.8, 4) is 0 Å². The molecule has 0 fully saturated rings. The summed E-state index contributed by atoms with van der Waals surface area (Å²) in [5.74, 6) is 0.950. The lowest BCUT2D eigenvalue weighted by Gasteiger charge is -2.02. The fraction of sp³-hybridized carbons (Fsp3) is 0.167. The van der Waals surface area contributed by atoms with Gasteiger partial charge in [0.2, 0.25) is 0 Å². The predicted octanol–water partition coefficient (Wildman–Crippen LogP) is 2.16. The van der Waals surface area contributed by atoms with Gasteiger partial charge in [-0.2, -0.15) is 5.10 Å². The van der Waals surface area contributed by atoms with E-state index in [1.165, 1.54) is 0 Å². The molecule has 0 saturated carbocycles. The maximum absolute atomic E-state index is 5.65. The van der Waals surface area contributed by atoms with Gasteiger partial charge >= 0.3 is 0 Å². The molecule has 2 heterocycles. The lowest BCUT2D eigenvalue weighted by atomic mass is 10.3. The number of fused-ring (bicyclic) bond motifs is 1. The van der Waals surface area contributed by atoms with E-state index in [1.807, 2.05) is 25.2 Å². The number of aryl methyl sites for hydroxylation is 1. The van der Waals surface area contributed by atoms with Crippen LogP contribution in [-0.4, -0.2) is 19.3 Å². The average molecular weight is 306 g/mol. The molecule has 5 nitrogen and oxygen atoms in total. The maximum atomic E-state index is 5.65. The van der Waals surface area contributed by atoms with E-state index in [9.17, 15) is 0 Å². The average Bonchev–Trinajstić information content (AvgIpc) is 2.85. The summed E-state index contributed by atoms with van der Waals surface area (Å²) in [6.45, 7) is 0.611. The minimum absolute atomic E-state index is 0.611. The number of hydrogen-bond acceptors (Lipinski definition) is 3. The normalized spacial score (nSPS) is 11.2. The summed E-state index contributed by atoms with van der Waals surface area (Å²) in [6.07, 6.45) is 3.44. The first-order valence-electron chi connectivity index (χ1n) is 5.52. The number of nitrogen functional groups attached to an aromatic ring is 1. The van der Waals surface area contributed by atoms with E-state index in [0.717, 1.165) is 21.3 Å². The molecule has 0 saturated heterocycles. The van der Waals surface area contributed by atoms with Gasteiger partial charge in [0.1, 0.15) is 5.82 Å². The number of halogens is 1. The third-order valence-corrected chi connectivity index (χ3v) is 3.39. The SMILES string of the molecule is Cn1c(Cn2cc(N)cn2)nc2cc(Br)ccc21. The second kappa shape index (κ2) is 4.13. The van der Waals surface area contributed by atoms with Crippen LogP contribution in [0.15, 0.2) is 35.1 Å². The first-order chi connectivity index (χ1) is 8.63. The fourth-order valence-electron chi connectivity index (χ4n) is 1.98. The van der Waals surface area contributed by atoms with Crippen molar-refractivity contribution in [3.63, 3.8) is 0 Å². The zero-order valence-corrected chi connectivity index (χ0v) is 11.4. The van der Waals surface area contributed by atoms with E-state index in [4.69, 9.17) is 5.73 Å². The molecule has 1 aromatic carbocycles. The Balaban J connectivity index is 2.04. The highest BCUT2D eigenvalue weighted by Crippen LogP contribution is 2.20. The summed E-state index contributed by atoms with van der Waals surface area (Å²) < 4.78 is 4.88. The third-order valence-electron chi connectivity index (χ3n) is 2.89. The summed E-state index contributed by atoms with van der Waals surface area (Å²) in [5.41, 5.74) is 8.39. The molecule has 0 aliphatic carbocycles. The molecule has 3 rings (SSSR count). The molecule has 0 aliphatic heterocycles. The van der Waals surface area contributed by atoms with Gasteiger partial charge in [0, 0.05) is 17.7 Å². The molecule has 3 aromatic rings. The Labute approximate surface area is 112 Å². The molecule has 0 bridgehead atoms. The molecule has 18 heavy (non-hydrogen) atoms. The zero-order valence-electron chi connectivity index (χ0n) is 9.84. The van der Waals surface area contributed by atoms with Crippen LogP contribution in [0.1, 0.15) is 5.82 Å². The highest BCUT2D eigenvalue weighted by Gasteiger charge is 2.08. The summed E-state index contributed by atoms with van der Waals surface area (Å²) in [5, 5.41) is 4.17. The second-order valence-electron chi connectivity index (χ2n) is 4.19. The van der Waals surface area contributed by atoms with Crippen LogP contribution in [0.4, 0.5) is 5.69 Å². The molecule has 0 atom stereocenters. The van der Waals surface area contributed by atoms with Crippen molar-refractivity contribution in [2.45, 2.75) is 6.54 Å². The van der Waals surface area contributed by atoms with Crippen molar-refractivity contribution in [1.82, 2.24) is 19.3 Å². The van der Waals surface area contributed by atoms with Crippen LogP contribution in [0.2, 0.25) is 0 Å². The van der Waals surface area contributed by atoms with E-state index in [1.54, 1.807) is 17.1 Å². The Morgan fingerprint density at radius 1 is 1.39 bits per heavy atom. The van der Waals surface area contributed by atoms with Gasteiger partial charge in [-0.05, 0) is 18.2 Å². The van der Waals surface area contributed by atoms with Gasteiger partial charge in [-0.25, -0.2) is 4.98 Å². The van der Waals surface area contributed by atoms with Gasteiger partial charge in [-0.15, -0.1) is 0 Å². The number of anilines is 1. The summed E-state index contributed by atoms with van der Waals surface area (Å²) in [6, 6.07) is 6.07. The van der Waals surface area contributed by atoms with E-state index in [-0.39, 0.29) is 0 Å². The van der Waals surface area contributed by atoms with Crippen LogP contribution in [0, 0.1) is 0 Å². The van der Waals surface area contributed by atoms with Gasteiger partial charge in [0.05, 0.1) is 29.5 Å². The molecule has 0 radical (unpaired) electrons. The molecule has 6 heteroatoms. The van der Waals surface area contributed by atoms with Crippen molar-refractivity contribution < 1.29 is 0 Å². The number of aromatic nitrogens is 4. The number of benzene rings is 1. The molecular weight excluding hydrogens is 294 g/mol. The summed E-state index contributed by atoms with van der Waals surface area (Å²) >= 11 is 3.45.